The molecule has 0 spiro atoms. The van der Waals surface area contributed by atoms with Gasteiger partial charge in [-0.05, 0) is 0 Å². The first kappa shape index (κ1) is 11.3. The topological polar surface area (TPSA) is 18.5 Å². The van der Waals surface area contributed by atoms with Crippen LogP contribution in [0.25, 0.3) is 0 Å². The number of benzene rings is 2. The third-order valence-electron chi connectivity index (χ3n) is 1.89. The Hall–Kier alpha value is -1.18. The summed E-state index contributed by atoms with van der Waals surface area (Å²) in [7, 11) is 5.22. The van der Waals surface area contributed by atoms with Crippen molar-refractivity contribution in [2.24, 2.45) is 0 Å². The molecule has 2 rings (SSSR count). The van der Waals surface area contributed by atoms with Crippen LogP contribution in [0.15, 0.2) is 60.7 Å². The van der Waals surface area contributed by atoms with Crippen LogP contribution in [-0.2, 0) is 0 Å². The van der Waals surface area contributed by atoms with Crippen LogP contribution < -0.4 is 7.45 Å². The number of hydrogen-bond acceptors (Lipinski definition) is 3. The molecule has 0 bridgehead atoms. The summed E-state index contributed by atoms with van der Waals surface area (Å²) in [6.07, 6.45) is 0. The Kier molecular flexibility index (Phi) is 4.09. The summed E-state index contributed by atoms with van der Waals surface area (Å²) in [6, 6.07) is 19.1. The molecule has 0 aromatic heterocycles. The summed E-state index contributed by atoms with van der Waals surface area (Å²) in [4.78, 5) is 0. The van der Waals surface area contributed by atoms with E-state index < -0.39 is 13.7 Å². The van der Waals surface area contributed by atoms with Gasteiger partial charge in [-0.1, -0.05) is 0 Å². The van der Waals surface area contributed by atoms with Crippen molar-refractivity contribution in [3.8, 4) is 11.5 Å². The molecule has 0 aliphatic rings. The number of rotatable bonds is 4. The van der Waals surface area contributed by atoms with Gasteiger partial charge >= 0.3 is 104 Å². The van der Waals surface area contributed by atoms with Gasteiger partial charge in [0, 0.05) is 0 Å². The van der Waals surface area contributed by atoms with Gasteiger partial charge in [-0.15, -0.1) is 0 Å². The fourth-order valence-electron chi connectivity index (χ4n) is 1.19. The molecule has 0 unspecified atom stereocenters. The average molecular weight is 294 g/mol. The molecule has 4 heteroatoms. The maximum atomic E-state index is 5.58. The quantitative estimate of drug-likeness (QED) is 0.807. The Bertz CT molecular complexity index is 415. The predicted molar refractivity (Wildman–Crippen MR) is 68.9 cm³/mol. The van der Waals surface area contributed by atoms with Gasteiger partial charge in [-0.25, -0.2) is 0 Å². The van der Waals surface area contributed by atoms with Crippen LogP contribution in [0.5, 0.6) is 11.5 Å². The molecule has 2 aromatic carbocycles. The first-order valence-electron chi connectivity index (χ1n) is 4.84. The van der Waals surface area contributed by atoms with Crippen LogP contribution in [-0.4, -0.2) is 13.7 Å². The SMILES string of the molecule is S=[AsH](Oc1ccccc1)Oc1ccccc1. The molecule has 0 fully saturated rings. The van der Waals surface area contributed by atoms with E-state index in [-0.39, 0.29) is 0 Å². The summed E-state index contributed by atoms with van der Waals surface area (Å²) in [5.74, 6) is 1.56. The fourth-order valence-corrected chi connectivity index (χ4v) is 3.66. The first-order chi connectivity index (χ1) is 7.84. The minimum atomic E-state index is -2.34. The fraction of sp³-hybridized carbons (Fsp3) is 0. The Morgan fingerprint density at radius 3 is 1.44 bits per heavy atom. The van der Waals surface area contributed by atoms with E-state index in [4.69, 9.17) is 17.8 Å². The summed E-state index contributed by atoms with van der Waals surface area (Å²) in [5.41, 5.74) is 0. The third kappa shape index (κ3) is 3.44. The van der Waals surface area contributed by atoms with E-state index in [1.165, 1.54) is 0 Å². The van der Waals surface area contributed by atoms with Crippen molar-refractivity contribution in [2.45, 2.75) is 0 Å². The van der Waals surface area contributed by atoms with Crippen molar-refractivity contribution in [1.29, 1.82) is 0 Å². The molecule has 0 aliphatic heterocycles. The van der Waals surface area contributed by atoms with Gasteiger partial charge in [-0.3, -0.25) is 0 Å². The normalized spacial score (nSPS) is 10.1. The van der Waals surface area contributed by atoms with E-state index in [9.17, 15) is 0 Å². The van der Waals surface area contributed by atoms with Crippen LogP contribution in [0, 0.1) is 0 Å². The molecule has 0 atom stereocenters. The maximum absolute atomic E-state index is 5.58. The Labute approximate surface area is 104 Å². The molecule has 2 aromatic rings. The predicted octanol–water partition coefficient (Wildman–Crippen LogP) is 3.06. The van der Waals surface area contributed by atoms with E-state index in [0.29, 0.717) is 0 Å². The molecule has 2 nitrogen and oxygen atoms in total. The van der Waals surface area contributed by atoms with Crippen molar-refractivity contribution in [3.63, 3.8) is 0 Å². The molecular formula is C12H11AsO2S. The molecule has 0 amide bonds. The molecule has 0 saturated heterocycles. The summed E-state index contributed by atoms with van der Waals surface area (Å²) in [5, 5.41) is 0. The molecule has 82 valence electrons. The van der Waals surface area contributed by atoms with Gasteiger partial charge in [-0.2, -0.15) is 0 Å². The van der Waals surface area contributed by atoms with Crippen molar-refractivity contribution >= 4 is 24.1 Å². The van der Waals surface area contributed by atoms with Gasteiger partial charge in [0.25, 0.3) is 0 Å². The zero-order valence-electron chi connectivity index (χ0n) is 8.50. The Morgan fingerprint density at radius 1 is 0.688 bits per heavy atom. The van der Waals surface area contributed by atoms with E-state index in [2.05, 4.69) is 0 Å². The monoisotopic (exact) mass is 294 g/mol. The molecule has 16 heavy (non-hydrogen) atoms. The first-order valence-corrected chi connectivity index (χ1v) is 9.53. The van der Waals surface area contributed by atoms with E-state index in [0.717, 1.165) is 11.5 Å². The summed E-state index contributed by atoms with van der Waals surface area (Å²) >= 11 is -2.34. The standard InChI is InChI=1S/C12H11AsO2S/c16-13(14-11-7-3-1-4-8-11)15-12-9-5-2-6-10-12/h1-10,13H. The van der Waals surface area contributed by atoms with Crippen molar-refractivity contribution in [1.82, 2.24) is 0 Å². The zero-order chi connectivity index (χ0) is 11.2. The summed E-state index contributed by atoms with van der Waals surface area (Å²) in [6.45, 7) is 0. The molecule has 0 saturated carbocycles. The molecule has 0 heterocycles. The van der Waals surface area contributed by atoms with Gasteiger partial charge < -0.3 is 0 Å². The molecule has 0 aliphatic carbocycles. The molecular weight excluding hydrogens is 283 g/mol. The summed E-state index contributed by atoms with van der Waals surface area (Å²) < 4.78 is 11.2. The second-order valence-corrected chi connectivity index (χ2v) is 6.72. The third-order valence-corrected chi connectivity index (χ3v) is 4.44. The van der Waals surface area contributed by atoms with Crippen molar-refractivity contribution in [2.75, 3.05) is 0 Å². The average Bonchev–Trinajstić information content (AvgIpc) is 2.31. The number of hydrogen-bond donors (Lipinski definition) is 0. The van der Waals surface area contributed by atoms with Crippen LogP contribution >= 0.6 is 10.4 Å². The van der Waals surface area contributed by atoms with Crippen LogP contribution in [0.2, 0.25) is 0 Å². The van der Waals surface area contributed by atoms with E-state index in [1.54, 1.807) is 0 Å². The van der Waals surface area contributed by atoms with Gasteiger partial charge in [0.05, 0.1) is 0 Å². The zero-order valence-corrected chi connectivity index (χ0v) is 11.4. The van der Waals surface area contributed by atoms with Gasteiger partial charge in [0.15, 0.2) is 0 Å². The van der Waals surface area contributed by atoms with Crippen LogP contribution in [0.3, 0.4) is 0 Å². The molecule has 0 N–H and O–H groups in total. The Morgan fingerprint density at radius 2 is 1.06 bits per heavy atom. The van der Waals surface area contributed by atoms with Crippen LogP contribution in [0.4, 0.5) is 0 Å². The van der Waals surface area contributed by atoms with Crippen LogP contribution in [0.1, 0.15) is 0 Å². The van der Waals surface area contributed by atoms with Crippen molar-refractivity contribution < 1.29 is 7.45 Å². The number of para-hydroxylation sites is 2. The second kappa shape index (κ2) is 5.78. The molecule has 0 radical (unpaired) electrons. The van der Waals surface area contributed by atoms with Gasteiger partial charge in [0.1, 0.15) is 0 Å². The van der Waals surface area contributed by atoms with E-state index >= 15 is 0 Å². The Balaban J connectivity index is 1.95. The second-order valence-electron chi connectivity index (χ2n) is 3.08. The van der Waals surface area contributed by atoms with E-state index in [1.807, 2.05) is 60.7 Å². The van der Waals surface area contributed by atoms with Gasteiger partial charge in [0.2, 0.25) is 0 Å². The minimum absolute atomic E-state index is 0.781. The van der Waals surface area contributed by atoms with Crippen molar-refractivity contribution in [3.05, 3.63) is 60.7 Å².